The molecule has 0 saturated carbocycles. The number of hydrogen-bond acceptors (Lipinski definition) is 5. The number of nitro groups is 1. The average Bonchev–Trinajstić information content (AvgIpc) is 2.74. The van der Waals surface area contributed by atoms with Crippen molar-refractivity contribution in [3.63, 3.8) is 0 Å². The highest BCUT2D eigenvalue weighted by Crippen LogP contribution is 2.25. The van der Waals surface area contributed by atoms with Crippen molar-refractivity contribution >= 4 is 23.2 Å². The molecular formula is C21H23N3O5. The van der Waals surface area contributed by atoms with Crippen LogP contribution in [0.15, 0.2) is 48.5 Å². The third kappa shape index (κ3) is 4.78. The second-order valence-electron chi connectivity index (χ2n) is 6.97. The molecule has 8 nitrogen and oxygen atoms in total. The second-order valence-corrected chi connectivity index (χ2v) is 6.97. The first kappa shape index (κ1) is 20.5. The van der Waals surface area contributed by atoms with Crippen molar-refractivity contribution in [1.82, 2.24) is 4.90 Å². The average molecular weight is 397 g/mol. The topological polar surface area (TPSA) is 113 Å². The lowest BCUT2D eigenvalue weighted by Gasteiger charge is -2.36. The molecule has 1 heterocycles. The summed E-state index contributed by atoms with van der Waals surface area (Å²) in [5, 5.41) is 23.0. The first-order chi connectivity index (χ1) is 14.0. The highest BCUT2D eigenvalue weighted by molar-refractivity contribution is 6.09. The predicted octanol–water partition coefficient (Wildman–Crippen LogP) is 3.22. The van der Waals surface area contributed by atoms with Crippen molar-refractivity contribution in [3.8, 4) is 0 Å². The Hall–Kier alpha value is -3.26. The van der Waals surface area contributed by atoms with E-state index in [-0.39, 0.29) is 29.8 Å². The number of amides is 2. The highest BCUT2D eigenvalue weighted by Gasteiger charge is 2.28. The van der Waals surface area contributed by atoms with Gasteiger partial charge in [-0.25, -0.2) is 0 Å². The molecule has 2 aromatic rings. The number of anilines is 1. The molecule has 152 valence electrons. The maximum atomic E-state index is 13.2. The van der Waals surface area contributed by atoms with E-state index in [0.717, 1.165) is 19.3 Å². The van der Waals surface area contributed by atoms with Gasteiger partial charge in [0.1, 0.15) is 0 Å². The Labute approximate surface area is 168 Å². The van der Waals surface area contributed by atoms with Crippen molar-refractivity contribution in [3.05, 3.63) is 69.8 Å². The van der Waals surface area contributed by atoms with E-state index < -0.39 is 10.8 Å². The second kappa shape index (κ2) is 9.29. The normalized spacial score (nSPS) is 16.3. The summed E-state index contributed by atoms with van der Waals surface area (Å²) in [4.78, 5) is 37.9. The van der Waals surface area contributed by atoms with Crippen LogP contribution in [0, 0.1) is 10.1 Å². The van der Waals surface area contributed by atoms with E-state index in [1.165, 1.54) is 24.3 Å². The molecule has 3 rings (SSSR count). The van der Waals surface area contributed by atoms with E-state index in [9.17, 15) is 24.8 Å². The molecule has 0 spiro atoms. The Balaban J connectivity index is 1.83. The fraction of sp³-hybridized carbons (Fsp3) is 0.333. The van der Waals surface area contributed by atoms with Gasteiger partial charge in [0.15, 0.2) is 0 Å². The van der Waals surface area contributed by atoms with Gasteiger partial charge in [-0.05, 0) is 43.9 Å². The molecule has 1 aliphatic heterocycles. The number of carbonyl (C=O) groups excluding carboxylic acids is 2. The van der Waals surface area contributed by atoms with Crippen LogP contribution in [0.2, 0.25) is 0 Å². The van der Waals surface area contributed by atoms with Gasteiger partial charge in [0.2, 0.25) is 0 Å². The molecule has 0 aliphatic carbocycles. The van der Waals surface area contributed by atoms with Crippen LogP contribution < -0.4 is 5.32 Å². The monoisotopic (exact) mass is 397 g/mol. The van der Waals surface area contributed by atoms with Crippen LogP contribution in [0.1, 0.15) is 46.4 Å². The zero-order valence-corrected chi connectivity index (χ0v) is 15.9. The maximum Gasteiger partial charge on any atom is 0.270 e. The summed E-state index contributed by atoms with van der Waals surface area (Å²) in [6.45, 7) is 0.621. The molecule has 29 heavy (non-hydrogen) atoms. The molecular weight excluding hydrogens is 374 g/mol. The van der Waals surface area contributed by atoms with Gasteiger partial charge in [0.25, 0.3) is 17.5 Å². The summed E-state index contributed by atoms with van der Waals surface area (Å²) in [6.07, 6.45) is 3.28. The van der Waals surface area contributed by atoms with Crippen molar-refractivity contribution in [2.45, 2.75) is 31.7 Å². The van der Waals surface area contributed by atoms with E-state index in [4.69, 9.17) is 0 Å². The summed E-state index contributed by atoms with van der Waals surface area (Å²) in [5.74, 6) is -0.724. The zero-order valence-electron chi connectivity index (χ0n) is 15.9. The molecule has 1 atom stereocenters. The molecule has 8 heteroatoms. The molecule has 0 unspecified atom stereocenters. The number of piperidine rings is 1. The molecule has 2 aromatic carbocycles. The van der Waals surface area contributed by atoms with Crippen LogP contribution in [0.4, 0.5) is 11.4 Å². The van der Waals surface area contributed by atoms with Crippen LogP contribution in [-0.2, 0) is 0 Å². The number of aliphatic hydroxyl groups excluding tert-OH is 1. The fourth-order valence-electron chi connectivity index (χ4n) is 3.61. The van der Waals surface area contributed by atoms with Gasteiger partial charge in [-0.15, -0.1) is 0 Å². The molecule has 0 aromatic heterocycles. The van der Waals surface area contributed by atoms with Crippen molar-refractivity contribution in [2.24, 2.45) is 0 Å². The van der Waals surface area contributed by atoms with Crippen molar-refractivity contribution < 1.29 is 19.6 Å². The predicted molar refractivity (Wildman–Crippen MR) is 108 cm³/mol. The van der Waals surface area contributed by atoms with E-state index in [1.807, 2.05) is 0 Å². The number of non-ortho nitro benzene ring substituents is 1. The summed E-state index contributed by atoms with van der Waals surface area (Å²) >= 11 is 0. The third-order valence-electron chi connectivity index (χ3n) is 5.08. The van der Waals surface area contributed by atoms with Crippen LogP contribution in [0.3, 0.4) is 0 Å². The van der Waals surface area contributed by atoms with Crippen molar-refractivity contribution in [2.75, 3.05) is 18.5 Å². The van der Waals surface area contributed by atoms with Gasteiger partial charge in [-0.1, -0.05) is 18.2 Å². The number of nitrogens with zero attached hydrogens (tertiary/aromatic N) is 2. The van der Waals surface area contributed by atoms with E-state index in [0.29, 0.717) is 24.2 Å². The number of hydrogen-bond donors (Lipinski definition) is 2. The largest absolute Gasteiger partial charge is 0.396 e. The fourth-order valence-corrected chi connectivity index (χ4v) is 3.61. The Kier molecular flexibility index (Phi) is 6.56. The number of rotatable bonds is 6. The first-order valence-electron chi connectivity index (χ1n) is 9.58. The quantitative estimate of drug-likeness (QED) is 0.574. The van der Waals surface area contributed by atoms with E-state index in [1.54, 1.807) is 29.2 Å². The van der Waals surface area contributed by atoms with Gasteiger partial charge < -0.3 is 15.3 Å². The summed E-state index contributed by atoms with van der Waals surface area (Å²) in [5.41, 5.74) is 0.665. The van der Waals surface area contributed by atoms with Crippen LogP contribution in [0.25, 0.3) is 0 Å². The molecule has 0 bridgehead atoms. The lowest BCUT2D eigenvalue weighted by atomic mass is 9.98. The molecule has 1 saturated heterocycles. The molecule has 2 N–H and O–H groups in total. The minimum atomic E-state index is -0.564. The SMILES string of the molecule is O=C(Nc1ccccc1C(=O)N1CCCC[C@@H]1CCO)c1cccc([N+](=O)[O-])c1. The molecule has 0 radical (unpaired) electrons. The van der Waals surface area contributed by atoms with Crippen molar-refractivity contribution in [1.29, 1.82) is 0 Å². The Morgan fingerprint density at radius 3 is 2.72 bits per heavy atom. The summed E-state index contributed by atoms with van der Waals surface area (Å²) in [6, 6.07) is 12.1. The van der Waals surface area contributed by atoms with Gasteiger partial charge in [0, 0.05) is 36.9 Å². The molecule has 1 fully saturated rings. The Morgan fingerprint density at radius 1 is 1.17 bits per heavy atom. The minimum Gasteiger partial charge on any atom is -0.396 e. The number of nitro benzene ring substituents is 1. The first-order valence-corrected chi connectivity index (χ1v) is 9.58. The highest BCUT2D eigenvalue weighted by atomic mass is 16.6. The standard InChI is InChI=1S/C21H23N3O5/c25-13-11-16-7-3-4-12-23(16)21(27)18-9-1-2-10-19(18)22-20(26)15-6-5-8-17(14-15)24(28)29/h1-2,5-6,8-10,14,16,25H,3-4,7,11-13H2,(H,22,26)/t16-/m1/s1. The van der Waals surface area contributed by atoms with Crippen LogP contribution in [0.5, 0.6) is 0 Å². The van der Waals surface area contributed by atoms with Crippen LogP contribution >= 0.6 is 0 Å². The Morgan fingerprint density at radius 2 is 1.97 bits per heavy atom. The van der Waals surface area contributed by atoms with Crippen LogP contribution in [-0.4, -0.2) is 45.9 Å². The van der Waals surface area contributed by atoms with Gasteiger partial charge in [0.05, 0.1) is 16.2 Å². The van der Waals surface area contributed by atoms with Gasteiger partial charge >= 0.3 is 0 Å². The number of benzene rings is 2. The number of para-hydroxylation sites is 1. The number of aliphatic hydroxyl groups is 1. The minimum absolute atomic E-state index is 0.0135. The van der Waals surface area contributed by atoms with E-state index in [2.05, 4.69) is 5.32 Å². The summed E-state index contributed by atoms with van der Waals surface area (Å²) in [7, 11) is 0. The molecule has 1 aliphatic rings. The smallest absolute Gasteiger partial charge is 0.270 e. The number of nitrogens with one attached hydrogen (secondary N) is 1. The molecule has 2 amide bonds. The van der Waals surface area contributed by atoms with Gasteiger partial charge in [-0.2, -0.15) is 0 Å². The summed E-state index contributed by atoms with van der Waals surface area (Å²) < 4.78 is 0. The van der Waals surface area contributed by atoms with Gasteiger partial charge in [-0.3, -0.25) is 19.7 Å². The number of carbonyl (C=O) groups is 2. The van der Waals surface area contributed by atoms with E-state index >= 15 is 0 Å². The lowest BCUT2D eigenvalue weighted by Crippen LogP contribution is -2.44. The maximum absolute atomic E-state index is 13.2. The lowest BCUT2D eigenvalue weighted by molar-refractivity contribution is -0.384. The Bertz CT molecular complexity index is 913. The zero-order chi connectivity index (χ0) is 20.8. The third-order valence-corrected chi connectivity index (χ3v) is 5.08. The number of likely N-dealkylation sites (tertiary alicyclic amines) is 1.